The van der Waals surface area contributed by atoms with E-state index in [2.05, 4.69) is 48.0 Å². The van der Waals surface area contributed by atoms with Crippen molar-refractivity contribution >= 4 is 35.7 Å². The molecular formula is C22H28Cl2N2O3. The van der Waals surface area contributed by atoms with Crippen LogP contribution in [0.25, 0.3) is 0 Å². The van der Waals surface area contributed by atoms with Crippen LogP contribution in [-0.2, 0) is 14.9 Å². The number of carbonyl (C=O) groups excluding carboxylic acids is 1. The van der Waals surface area contributed by atoms with E-state index in [1.165, 1.54) is 11.3 Å². The van der Waals surface area contributed by atoms with Crippen LogP contribution in [0.3, 0.4) is 0 Å². The van der Waals surface area contributed by atoms with Gasteiger partial charge in [-0.25, -0.2) is 0 Å². The van der Waals surface area contributed by atoms with Crippen molar-refractivity contribution in [3.8, 4) is 0 Å². The molecule has 6 aliphatic rings. The number of fused-ring (bicyclic) bond motifs is 2. The molecule has 0 amide bonds. The first-order valence-electron chi connectivity index (χ1n) is 10.6. The molecule has 29 heavy (non-hydrogen) atoms. The lowest BCUT2D eigenvalue weighted by atomic mass is 9.62. The highest BCUT2D eigenvalue weighted by Crippen LogP contribution is 2.69. The van der Waals surface area contributed by atoms with Gasteiger partial charge in [-0.15, -0.1) is 24.0 Å². The van der Waals surface area contributed by atoms with Gasteiger partial charge >= 0.3 is 5.97 Å². The molecule has 1 spiro atoms. The van der Waals surface area contributed by atoms with E-state index in [1.807, 2.05) is 0 Å². The second-order valence-corrected chi connectivity index (χ2v) is 9.67. The van der Waals surface area contributed by atoms with Crippen LogP contribution in [0.1, 0.15) is 31.7 Å². The Morgan fingerprint density at radius 2 is 2.10 bits per heavy atom. The number of hydrogen-bond donors (Lipinski definition) is 1. The summed E-state index contributed by atoms with van der Waals surface area (Å²) < 4.78 is 6.19. The van der Waals surface area contributed by atoms with E-state index in [-0.39, 0.29) is 65.9 Å². The van der Waals surface area contributed by atoms with E-state index in [0.717, 1.165) is 19.3 Å². The minimum absolute atomic E-state index is 0. The molecule has 1 saturated carbocycles. The van der Waals surface area contributed by atoms with E-state index < -0.39 is 0 Å². The number of aliphatic hydroxyl groups excluding tert-OH is 1. The van der Waals surface area contributed by atoms with E-state index in [0.29, 0.717) is 12.0 Å². The predicted molar refractivity (Wildman–Crippen MR) is 114 cm³/mol. The standard InChI is InChI=1S/C22H27ClN2O3.ClH/c1-3-11-12-8-15-19-22(13-6-4-5-7-14(13)24(19)2)9-16(25(15)21(11)27)18(12)20(22)28-17(26)10-23;/h4-7,11-12,15-16,18-21,27H,3,8-10H2,1-2H3;1H/t11-,12?,15-,16-,18?,19-,20?,21+,22?;/m0./s1. The Morgan fingerprint density at radius 1 is 1.34 bits per heavy atom. The normalized spacial score (nSPS) is 47.6. The summed E-state index contributed by atoms with van der Waals surface area (Å²) in [5, 5.41) is 11.2. The van der Waals surface area contributed by atoms with Crippen LogP contribution in [0.5, 0.6) is 0 Å². The van der Waals surface area contributed by atoms with E-state index in [4.69, 9.17) is 16.3 Å². The van der Waals surface area contributed by atoms with Crippen molar-refractivity contribution < 1.29 is 14.6 Å². The van der Waals surface area contributed by atoms with Gasteiger partial charge in [0.05, 0.1) is 11.5 Å². The molecule has 1 aromatic carbocycles. The molecule has 4 saturated heterocycles. The van der Waals surface area contributed by atoms with Gasteiger partial charge < -0.3 is 14.7 Å². The lowest BCUT2D eigenvalue weighted by Crippen LogP contribution is -2.72. The lowest BCUT2D eigenvalue weighted by Gasteiger charge is -2.62. The molecule has 10 atom stereocenters. The summed E-state index contributed by atoms with van der Waals surface area (Å²) in [7, 11) is 2.17. The second kappa shape index (κ2) is 6.49. The molecule has 5 fully saturated rings. The van der Waals surface area contributed by atoms with Crippen LogP contribution in [0.2, 0.25) is 0 Å². The zero-order valence-electron chi connectivity index (χ0n) is 16.7. The summed E-state index contributed by atoms with van der Waals surface area (Å²) in [6.07, 6.45) is 2.44. The van der Waals surface area contributed by atoms with Crippen molar-refractivity contribution in [2.75, 3.05) is 17.8 Å². The molecule has 158 valence electrons. The first kappa shape index (κ1) is 19.9. The number of carbonyl (C=O) groups is 1. The number of piperidine rings is 4. The molecule has 5 nitrogen and oxygen atoms in total. The average Bonchev–Trinajstić information content (AvgIpc) is 3.10. The van der Waals surface area contributed by atoms with Crippen LogP contribution < -0.4 is 4.90 Å². The Labute approximate surface area is 182 Å². The molecule has 7 heteroatoms. The molecule has 1 N–H and O–H groups in total. The number of halogens is 2. The summed E-state index contributed by atoms with van der Waals surface area (Å²) >= 11 is 5.87. The molecule has 5 bridgehead atoms. The number of aliphatic hydroxyl groups is 1. The Balaban J connectivity index is 0.00000181. The first-order chi connectivity index (χ1) is 13.5. The van der Waals surface area contributed by atoms with E-state index in [1.54, 1.807) is 0 Å². The van der Waals surface area contributed by atoms with Gasteiger partial charge in [-0.1, -0.05) is 25.1 Å². The number of esters is 1. The van der Waals surface area contributed by atoms with Crippen LogP contribution in [0.15, 0.2) is 24.3 Å². The number of hydrogen-bond acceptors (Lipinski definition) is 5. The lowest BCUT2D eigenvalue weighted by molar-refractivity contribution is -0.212. The molecule has 1 aliphatic carbocycles. The molecule has 7 rings (SSSR count). The quantitative estimate of drug-likeness (QED) is 0.580. The second-order valence-electron chi connectivity index (χ2n) is 9.41. The van der Waals surface area contributed by atoms with E-state index in [9.17, 15) is 9.90 Å². The number of nitrogens with zero attached hydrogens (tertiary/aromatic N) is 2. The summed E-state index contributed by atoms with van der Waals surface area (Å²) in [5.74, 6) is 0.510. The van der Waals surface area contributed by atoms with Crippen molar-refractivity contribution in [3.63, 3.8) is 0 Å². The van der Waals surface area contributed by atoms with Crippen LogP contribution >= 0.6 is 24.0 Å². The highest BCUT2D eigenvalue weighted by Gasteiger charge is 2.77. The molecular weight excluding hydrogens is 411 g/mol. The fourth-order valence-corrected chi connectivity index (χ4v) is 8.26. The van der Waals surface area contributed by atoms with Gasteiger partial charge in [0.1, 0.15) is 18.2 Å². The highest BCUT2D eigenvalue weighted by molar-refractivity contribution is 6.26. The third-order valence-corrected chi connectivity index (χ3v) is 9.01. The van der Waals surface area contributed by atoms with Gasteiger partial charge in [0.2, 0.25) is 0 Å². The zero-order valence-corrected chi connectivity index (χ0v) is 18.3. The summed E-state index contributed by atoms with van der Waals surface area (Å²) in [6.45, 7) is 2.17. The average molecular weight is 439 g/mol. The van der Waals surface area contributed by atoms with Crippen LogP contribution in [0, 0.1) is 17.8 Å². The van der Waals surface area contributed by atoms with Crippen molar-refractivity contribution in [1.29, 1.82) is 0 Å². The summed E-state index contributed by atoms with van der Waals surface area (Å²) in [4.78, 5) is 17.2. The maximum absolute atomic E-state index is 12.4. The minimum atomic E-state index is -0.382. The van der Waals surface area contributed by atoms with Crippen molar-refractivity contribution in [3.05, 3.63) is 29.8 Å². The third-order valence-electron chi connectivity index (χ3n) is 8.79. The van der Waals surface area contributed by atoms with E-state index >= 15 is 0 Å². The topological polar surface area (TPSA) is 53.0 Å². The first-order valence-corrected chi connectivity index (χ1v) is 11.1. The van der Waals surface area contributed by atoms with Gasteiger partial charge in [-0.3, -0.25) is 9.69 Å². The Morgan fingerprint density at radius 3 is 2.83 bits per heavy atom. The van der Waals surface area contributed by atoms with Gasteiger partial charge in [0, 0.05) is 36.7 Å². The number of anilines is 1. The van der Waals surface area contributed by atoms with Crippen LogP contribution in [0.4, 0.5) is 5.69 Å². The molecule has 0 aromatic heterocycles. The summed E-state index contributed by atoms with van der Waals surface area (Å²) in [6, 6.07) is 9.40. The predicted octanol–water partition coefficient (Wildman–Crippen LogP) is 2.77. The smallest absolute Gasteiger partial charge is 0.321 e. The number of likely N-dealkylation sites (N-methyl/N-ethyl adjacent to an activating group) is 1. The minimum Gasteiger partial charge on any atom is -0.460 e. The van der Waals surface area contributed by atoms with Crippen LogP contribution in [-0.4, -0.2) is 59.4 Å². The number of para-hydroxylation sites is 1. The molecule has 0 radical (unpaired) electrons. The number of benzene rings is 1. The number of alkyl halides is 1. The maximum Gasteiger partial charge on any atom is 0.321 e. The largest absolute Gasteiger partial charge is 0.460 e. The van der Waals surface area contributed by atoms with Gasteiger partial charge in [-0.05, 0) is 36.8 Å². The maximum atomic E-state index is 12.4. The van der Waals surface area contributed by atoms with Gasteiger partial charge in [0.25, 0.3) is 0 Å². The van der Waals surface area contributed by atoms with Gasteiger partial charge in [0.15, 0.2) is 0 Å². The summed E-state index contributed by atoms with van der Waals surface area (Å²) in [5.41, 5.74) is 2.36. The molecule has 5 unspecified atom stereocenters. The third kappa shape index (κ3) is 2.13. The SMILES string of the molecule is CC[C@H]1C2C[C@H]3[C@@H]4N(C)c5ccccc5C45C[C@@H](C2C5OC(=O)CCl)N3[C@@H]1O.Cl. The molecule has 5 aliphatic heterocycles. The van der Waals surface area contributed by atoms with Crippen molar-refractivity contribution in [1.82, 2.24) is 4.90 Å². The highest BCUT2D eigenvalue weighted by atomic mass is 35.5. The monoisotopic (exact) mass is 438 g/mol. The van der Waals surface area contributed by atoms with Gasteiger partial charge in [-0.2, -0.15) is 0 Å². The Bertz CT molecular complexity index is 853. The fraction of sp³-hybridized carbons (Fsp3) is 0.682. The Kier molecular flexibility index (Phi) is 4.46. The Hall–Kier alpha value is -1.01. The molecule has 5 heterocycles. The number of rotatable bonds is 3. The van der Waals surface area contributed by atoms with Crippen molar-refractivity contribution in [2.24, 2.45) is 17.8 Å². The van der Waals surface area contributed by atoms with Crippen molar-refractivity contribution in [2.45, 2.75) is 62.1 Å². The number of ether oxygens (including phenoxy) is 1. The molecule has 1 aromatic rings. The zero-order chi connectivity index (χ0) is 19.4. The fourth-order valence-electron chi connectivity index (χ4n) is 8.20.